The summed E-state index contributed by atoms with van der Waals surface area (Å²) in [6.45, 7) is 16.8. The Morgan fingerprint density at radius 2 is 1.65 bits per heavy atom. The Morgan fingerprint density at radius 1 is 1.03 bits per heavy atom. The van der Waals surface area contributed by atoms with Crippen LogP contribution in [0.5, 0.6) is 0 Å². The summed E-state index contributed by atoms with van der Waals surface area (Å²) in [6, 6.07) is 0. The Kier molecular flexibility index (Phi) is 6.72. The standard InChI is InChI=1S/C29H48O5/c1-15(25(33)26(34)16(2)27(3,4)5)18-8-9-19-17-12-22(30)21-13-23(31)24(32)14-29(21,7)20(17)10-11-28(18,19)6/h15,17-21,23-26,31-34H,2,8-14H2,1,3-7H3/t15-,17?,18+,19?,20?,21?,23+,24-,25+,26+,28+,29+/m0/s1. The fourth-order valence-corrected chi connectivity index (χ4v) is 9.15. The van der Waals surface area contributed by atoms with Crippen LogP contribution in [-0.2, 0) is 4.79 Å². The van der Waals surface area contributed by atoms with Gasteiger partial charge in [-0.3, -0.25) is 4.79 Å². The lowest BCUT2D eigenvalue weighted by atomic mass is 9.44. The zero-order chi connectivity index (χ0) is 25.4. The van der Waals surface area contributed by atoms with Crippen molar-refractivity contribution in [2.45, 2.75) is 111 Å². The molecular formula is C29H48O5. The summed E-state index contributed by atoms with van der Waals surface area (Å²) in [5.74, 6) is 1.46. The van der Waals surface area contributed by atoms with Crippen LogP contribution in [0.15, 0.2) is 12.2 Å². The second-order valence-electron chi connectivity index (χ2n) is 14.0. The van der Waals surface area contributed by atoms with E-state index < -0.39 is 24.4 Å². The van der Waals surface area contributed by atoms with Crippen molar-refractivity contribution >= 4 is 5.78 Å². The smallest absolute Gasteiger partial charge is 0.136 e. The molecule has 4 aliphatic rings. The molecule has 5 nitrogen and oxygen atoms in total. The third-order valence-corrected chi connectivity index (χ3v) is 11.4. The normalized spacial score (nSPS) is 47.2. The van der Waals surface area contributed by atoms with Crippen molar-refractivity contribution in [3.63, 3.8) is 0 Å². The molecule has 0 heterocycles. The monoisotopic (exact) mass is 476 g/mol. The van der Waals surface area contributed by atoms with Crippen molar-refractivity contribution in [3.8, 4) is 0 Å². The van der Waals surface area contributed by atoms with Crippen molar-refractivity contribution in [3.05, 3.63) is 12.2 Å². The summed E-state index contributed by atoms with van der Waals surface area (Å²) in [7, 11) is 0. The molecule has 12 atom stereocenters. The Labute approximate surface area is 206 Å². The van der Waals surface area contributed by atoms with Gasteiger partial charge in [-0.05, 0) is 89.9 Å². The molecule has 194 valence electrons. The van der Waals surface area contributed by atoms with E-state index in [1.54, 1.807) is 0 Å². The van der Waals surface area contributed by atoms with Crippen molar-refractivity contribution < 1.29 is 25.2 Å². The Bertz CT molecular complexity index is 816. The number of fused-ring (bicyclic) bond motifs is 5. The van der Waals surface area contributed by atoms with Gasteiger partial charge in [-0.1, -0.05) is 48.1 Å². The predicted octanol–water partition coefficient (Wildman–Crippen LogP) is 4.12. The van der Waals surface area contributed by atoms with Gasteiger partial charge >= 0.3 is 0 Å². The minimum absolute atomic E-state index is 0.0284. The molecule has 4 unspecified atom stereocenters. The number of hydrogen-bond acceptors (Lipinski definition) is 5. The minimum atomic E-state index is -0.944. The van der Waals surface area contributed by atoms with Gasteiger partial charge < -0.3 is 20.4 Å². The molecule has 5 heteroatoms. The van der Waals surface area contributed by atoms with E-state index >= 15 is 0 Å². The van der Waals surface area contributed by atoms with Gasteiger partial charge in [0.1, 0.15) is 11.9 Å². The Morgan fingerprint density at radius 3 is 2.26 bits per heavy atom. The van der Waals surface area contributed by atoms with Crippen LogP contribution in [0, 0.1) is 51.8 Å². The third-order valence-electron chi connectivity index (χ3n) is 11.4. The first-order valence-electron chi connectivity index (χ1n) is 13.6. The molecule has 34 heavy (non-hydrogen) atoms. The fraction of sp³-hybridized carbons (Fsp3) is 0.897. The molecule has 0 spiro atoms. The van der Waals surface area contributed by atoms with E-state index in [0.29, 0.717) is 42.6 Å². The van der Waals surface area contributed by atoms with Crippen LogP contribution < -0.4 is 0 Å². The van der Waals surface area contributed by atoms with E-state index in [2.05, 4.69) is 27.4 Å². The number of rotatable bonds is 4. The molecule has 0 radical (unpaired) electrons. The Balaban J connectivity index is 1.56. The summed E-state index contributed by atoms with van der Waals surface area (Å²) < 4.78 is 0. The first-order valence-corrected chi connectivity index (χ1v) is 13.6. The van der Waals surface area contributed by atoms with Crippen LogP contribution in [0.25, 0.3) is 0 Å². The fourth-order valence-electron chi connectivity index (χ4n) is 9.15. The largest absolute Gasteiger partial charge is 0.390 e. The highest BCUT2D eigenvalue weighted by Gasteiger charge is 2.63. The summed E-state index contributed by atoms with van der Waals surface area (Å²) in [5, 5.41) is 42.9. The van der Waals surface area contributed by atoms with Crippen LogP contribution in [0.2, 0.25) is 0 Å². The molecule has 4 saturated carbocycles. The lowest BCUT2D eigenvalue weighted by Crippen LogP contribution is -2.59. The van der Waals surface area contributed by atoms with E-state index in [9.17, 15) is 25.2 Å². The number of carbonyl (C=O) groups excluding carboxylic acids is 1. The maximum atomic E-state index is 13.3. The van der Waals surface area contributed by atoms with Gasteiger partial charge in [0, 0.05) is 12.3 Å². The van der Waals surface area contributed by atoms with Gasteiger partial charge in [0.15, 0.2) is 0 Å². The highest BCUT2D eigenvalue weighted by molar-refractivity contribution is 5.83. The molecule has 0 aromatic rings. The number of ketones is 1. The molecule has 4 aliphatic carbocycles. The van der Waals surface area contributed by atoms with E-state index in [1.807, 2.05) is 20.8 Å². The molecule has 0 saturated heterocycles. The first kappa shape index (κ1) is 26.3. The lowest BCUT2D eigenvalue weighted by molar-refractivity contribution is -0.174. The quantitative estimate of drug-likeness (QED) is 0.458. The molecule has 0 aromatic carbocycles. The molecule has 0 amide bonds. The zero-order valence-electron chi connectivity index (χ0n) is 22.1. The lowest BCUT2D eigenvalue weighted by Gasteiger charge is -2.61. The van der Waals surface area contributed by atoms with Gasteiger partial charge in [-0.25, -0.2) is 0 Å². The summed E-state index contributed by atoms with van der Waals surface area (Å²) in [5.41, 5.74) is 0.183. The summed E-state index contributed by atoms with van der Waals surface area (Å²) >= 11 is 0. The molecule has 0 aliphatic heterocycles. The molecule has 4 rings (SSSR count). The topological polar surface area (TPSA) is 98.0 Å². The van der Waals surface area contributed by atoms with E-state index in [1.165, 1.54) is 0 Å². The predicted molar refractivity (Wildman–Crippen MR) is 133 cm³/mol. The maximum absolute atomic E-state index is 13.3. The first-order chi connectivity index (χ1) is 15.6. The molecule has 4 N–H and O–H groups in total. The summed E-state index contributed by atoms with van der Waals surface area (Å²) in [6.07, 6.45) is 2.28. The third kappa shape index (κ3) is 3.93. The average Bonchev–Trinajstić information content (AvgIpc) is 3.10. The number of aliphatic hydroxyl groups excluding tert-OH is 4. The van der Waals surface area contributed by atoms with Crippen LogP contribution in [0.4, 0.5) is 0 Å². The highest BCUT2D eigenvalue weighted by Crippen LogP contribution is 2.67. The number of carbonyl (C=O) groups is 1. The highest BCUT2D eigenvalue weighted by atomic mass is 16.3. The Hall–Kier alpha value is -0.750. The molecule has 0 aromatic heterocycles. The van der Waals surface area contributed by atoms with E-state index in [4.69, 9.17) is 0 Å². The average molecular weight is 477 g/mol. The number of aliphatic hydroxyl groups is 4. The number of hydrogen-bond donors (Lipinski definition) is 4. The van der Waals surface area contributed by atoms with Crippen LogP contribution in [-0.4, -0.2) is 50.6 Å². The van der Waals surface area contributed by atoms with Crippen LogP contribution in [0.1, 0.15) is 86.5 Å². The van der Waals surface area contributed by atoms with Crippen LogP contribution >= 0.6 is 0 Å². The number of Topliss-reactive ketones (excluding diaryl/α,β-unsaturated/α-hetero) is 1. The van der Waals surface area contributed by atoms with Crippen molar-refractivity contribution in [2.75, 3.05) is 0 Å². The second-order valence-corrected chi connectivity index (χ2v) is 14.0. The SMILES string of the molecule is C=C([C@@H](O)[C@H](O)[C@@H](C)[C@H]1CCC2C3CC(=O)C4C[C@@H](O)[C@@H](O)C[C@]4(C)C3CC[C@@]21C)C(C)(C)C. The van der Waals surface area contributed by atoms with Crippen LogP contribution in [0.3, 0.4) is 0 Å². The van der Waals surface area contributed by atoms with Gasteiger partial charge in [-0.2, -0.15) is 0 Å². The van der Waals surface area contributed by atoms with Gasteiger partial charge in [0.2, 0.25) is 0 Å². The van der Waals surface area contributed by atoms with Gasteiger partial charge in [-0.15, -0.1) is 0 Å². The molecule has 4 fully saturated rings. The molecular weight excluding hydrogens is 428 g/mol. The molecule has 0 bridgehead atoms. The second kappa shape index (κ2) is 8.68. The minimum Gasteiger partial charge on any atom is -0.390 e. The van der Waals surface area contributed by atoms with Gasteiger partial charge in [0.05, 0.1) is 18.3 Å². The summed E-state index contributed by atoms with van der Waals surface area (Å²) in [4.78, 5) is 13.3. The van der Waals surface area contributed by atoms with Crippen molar-refractivity contribution in [1.29, 1.82) is 0 Å². The van der Waals surface area contributed by atoms with Crippen molar-refractivity contribution in [1.82, 2.24) is 0 Å². The van der Waals surface area contributed by atoms with E-state index in [-0.39, 0.29) is 39.8 Å². The van der Waals surface area contributed by atoms with Crippen molar-refractivity contribution in [2.24, 2.45) is 51.8 Å². The van der Waals surface area contributed by atoms with E-state index in [0.717, 1.165) is 25.7 Å². The van der Waals surface area contributed by atoms with Gasteiger partial charge in [0.25, 0.3) is 0 Å². The maximum Gasteiger partial charge on any atom is 0.136 e. The zero-order valence-corrected chi connectivity index (χ0v) is 22.1.